The van der Waals surface area contributed by atoms with Gasteiger partial charge in [0.2, 0.25) is 5.91 Å². The maximum absolute atomic E-state index is 12.0. The smallest absolute Gasteiger partial charge is 0.315 e. The second kappa shape index (κ2) is 7.78. The van der Waals surface area contributed by atoms with Gasteiger partial charge in [-0.25, -0.2) is 4.79 Å². The van der Waals surface area contributed by atoms with Crippen molar-refractivity contribution in [2.45, 2.75) is 19.5 Å². The van der Waals surface area contributed by atoms with Crippen LogP contribution in [0.2, 0.25) is 0 Å². The Balaban J connectivity index is 1.90. The van der Waals surface area contributed by atoms with Gasteiger partial charge in [0.1, 0.15) is 0 Å². The summed E-state index contributed by atoms with van der Waals surface area (Å²) in [5.41, 5.74) is 7.48. The Morgan fingerprint density at radius 3 is 2.61 bits per heavy atom. The van der Waals surface area contributed by atoms with E-state index in [0.29, 0.717) is 12.1 Å². The van der Waals surface area contributed by atoms with Crippen LogP contribution in [0, 0.1) is 0 Å². The number of hydrogen-bond acceptors (Lipinski definition) is 2. The number of primary amides is 1. The lowest BCUT2D eigenvalue weighted by Gasteiger charge is -2.15. The number of urea groups is 1. The molecular weight excluding hydrogens is 358 g/mol. The Kier molecular flexibility index (Phi) is 5.76. The molecule has 0 saturated heterocycles. The van der Waals surface area contributed by atoms with Crippen molar-refractivity contribution in [1.82, 2.24) is 10.6 Å². The van der Waals surface area contributed by atoms with E-state index >= 15 is 0 Å². The van der Waals surface area contributed by atoms with Crippen molar-refractivity contribution in [3.8, 4) is 0 Å². The molecule has 0 aliphatic carbocycles. The minimum atomic E-state index is -0.487. The van der Waals surface area contributed by atoms with Crippen molar-refractivity contribution in [2.24, 2.45) is 5.73 Å². The van der Waals surface area contributed by atoms with Crippen LogP contribution in [-0.2, 0) is 6.54 Å². The zero-order valence-corrected chi connectivity index (χ0v) is 14.3. The topological polar surface area (TPSA) is 84.2 Å². The van der Waals surface area contributed by atoms with Crippen LogP contribution in [0.25, 0.3) is 0 Å². The molecule has 2 aromatic carbocycles. The van der Waals surface area contributed by atoms with Crippen molar-refractivity contribution < 1.29 is 9.59 Å². The fourth-order valence-electron chi connectivity index (χ4n) is 2.12. The van der Waals surface area contributed by atoms with Crippen LogP contribution in [0.3, 0.4) is 0 Å². The number of carbonyl (C=O) groups excluding carboxylic acids is 2. The Morgan fingerprint density at radius 2 is 1.91 bits per heavy atom. The standard InChI is InChI=1S/C17H18BrN3O2/c1-11(13-5-3-7-15(18)9-13)21-17(23)20-10-12-4-2-6-14(8-12)16(19)22/h2-9,11H,10H2,1H3,(H2,19,22)(H2,20,21,23). The first kappa shape index (κ1) is 17.0. The molecule has 0 aliphatic heterocycles. The lowest BCUT2D eigenvalue weighted by Crippen LogP contribution is -2.36. The number of hydrogen-bond donors (Lipinski definition) is 3. The highest BCUT2D eigenvalue weighted by Gasteiger charge is 2.09. The molecule has 0 spiro atoms. The molecule has 23 heavy (non-hydrogen) atoms. The van der Waals surface area contributed by atoms with Crippen molar-refractivity contribution in [1.29, 1.82) is 0 Å². The summed E-state index contributed by atoms with van der Waals surface area (Å²) < 4.78 is 0.965. The van der Waals surface area contributed by atoms with Gasteiger partial charge in [0.05, 0.1) is 6.04 Å². The first-order valence-corrected chi connectivity index (χ1v) is 7.93. The van der Waals surface area contributed by atoms with Gasteiger partial charge in [-0.3, -0.25) is 4.79 Å². The number of benzene rings is 2. The maximum atomic E-state index is 12.0. The Bertz CT molecular complexity index is 718. The zero-order valence-electron chi connectivity index (χ0n) is 12.7. The number of amides is 3. The Hall–Kier alpha value is -2.34. The number of nitrogens with two attached hydrogens (primary N) is 1. The van der Waals surface area contributed by atoms with Gasteiger partial charge in [0.15, 0.2) is 0 Å². The lowest BCUT2D eigenvalue weighted by molar-refractivity contribution is 0.1000. The van der Waals surface area contributed by atoms with E-state index in [0.717, 1.165) is 15.6 Å². The molecule has 0 saturated carbocycles. The number of rotatable bonds is 5. The third-order valence-electron chi connectivity index (χ3n) is 3.36. The highest BCUT2D eigenvalue weighted by atomic mass is 79.9. The minimum absolute atomic E-state index is 0.121. The molecule has 0 aromatic heterocycles. The zero-order chi connectivity index (χ0) is 16.8. The lowest BCUT2D eigenvalue weighted by atomic mass is 10.1. The summed E-state index contributed by atoms with van der Waals surface area (Å²) in [4.78, 5) is 23.1. The average molecular weight is 376 g/mol. The van der Waals surface area contributed by atoms with E-state index in [1.54, 1.807) is 18.2 Å². The van der Waals surface area contributed by atoms with Crippen molar-refractivity contribution in [2.75, 3.05) is 0 Å². The molecule has 0 aliphatic rings. The van der Waals surface area contributed by atoms with Gasteiger partial charge < -0.3 is 16.4 Å². The highest BCUT2D eigenvalue weighted by molar-refractivity contribution is 9.10. The predicted octanol–water partition coefficient (Wildman–Crippen LogP) is 3.11. The summed E-state index contributed by atoms with van der Waals surface area (Å²) in [6.45, 7) is 2.23. The van der Waals surface area contributed by atoms with E-state index in [9.17, 15) is 9.59 Å². The number of halogens is 1. The van der Waals surface area contributed by atoms with Gasteiger partial charge in [-0.05, 0) is 42.3 Å². The molecule has 6 heteroatoms. The first-order valence-electron chi connectivity index (χ1n) is 7.14. The summed E-state index contributed by atoms with van der Waals surface area (Å²) in [5.74, 6) is -0.487. The fraction of sp³-hybridized carbons (Fsp3) is 0.176. The van der Waals surface area contributed by atoms with Crippen LogP contribution < -0.4 is 16.4 Å². The number of carbonyl (C=O) groups is 2. The normalized spacial score (nSPS) is 11.6. The summed E-state index contributed by atoms with van der Waals surface area (Å²) >= 11 is 3.41. The van der Waals surface area contributed by atoms with E-state index in [1.807, 2.05) is 37.3 Å². The quantitative estimate of drug-likeness (QED) is 0.749. The third kappa shape index (κ3) is 5.10. The molecule has 1 atom stereocenters. The highest BCUT2D eigenvalue weighted by Crippen LogP contribution is 2.17. The van der Waals surface area contributed by atoms with Gasteiger partial charge in [0.25, 0.3) is 0 Å². The fourth-order valence-corrected chi connectivity index (χ4v) is 2.54. The largest absolute Gasteiger partial charge is 0.366 e. The Labute approximate surface area is 143 Å². The summed E-state index contributed by atoms with van der Waals surface area (Å²) in [7, 11) is 0. The van der Waals surface area contributed by atoms with Crippen LogP contribution >= 0.6 is 15.9 Å². The molecule has 2 rings (SSSR count). The molecule has 5 nitrogen and oxygen atoms in total. The van der Waals surface area contributed by atoms with Crippen LogP contribution in [0.5, 0.6) is 0 Å². The van der Waals surface area contributed by atoms with Gasteiger partial charge in [-0.15, -0.1) is 0 Å². The monoisotopic (exact) mass is 375 g/mol. The molecule has 1 unspecified atom stereocenters. The second-order valence-electron chi connectivity index (χ2n) is 5.17. The van der Waals surface area contributed by atoms with Crippen molar-refractivity contribution in [3.63, 3.8) is 0 Å². The van der Waals surface area contributed by atoms with Crippen LogP contribution in [0.1, 0.15) is 34.5 Å². The number of nitrogens with one attached hydrogen (secondary N) is 2. The van der Waals surface area contributed by atoms with Gasteiger partial charge >= 0.3 is 6.03 Å². The summed E-state index contributed by atoms with van der Waals surface area (Å²) in [6, 6.07) is 14.2. The third-order valence-corrected chi connectivity index (χ3v) is 3.85. The van der Waals surface area contributed by atoms with E-state index in [4.69, 9.17) is 5.73 Å². The molecule has 0 radical (unpaired) electrons. The predicted molar refractivity (Wildman–Crippen MR) is 92.9 cm³/mol. The van der Waals surface area contributed by atoms with Crippen LogP contribution in [0.4, 0.5) is 4.79 Å². The van der Waals surface area contributed by atoms with E-state index in [-0.39, 0.29) is 12.1 Å². The molecule has 0 bridgehead atoms. The molecule has 0 heterocycles. The van der Waals surface area contributed by atoms with Gasteiger partial charge in [0, 0.05) is 16.6 Å². The first-order chi connectivity index (χ1) is 11.0. The van der Waals surface area contributed by atoms with Crippen molar-refractivity contribution in [3.05, 3.63) is 69.7 Å². The average Bonchev–Trinajstić information content (AvgIpc) is 2.53. The van der Waals surface area contributed by atoms with Gasteiger partial charge in [-0.1, -0.05) is 40.2 Å². The van der Waals surface area contributed by atoms with E-state index in [2.05, 4.69) is 26.6 Å². The van der Waals surface area contributed by atoms with Crippen LogP contribution in [0.15, 0.2) is 53.0 Å². The molecule has 4 N–H and O–H groups in total. The van der Waals surface area contributed by atoms with Crippen LogP contribution in [-0.4, -0.2) is 11.9 Å². The summed E-state index contributed by atoms with van der Waals surface area (Å²) in [5, 5.41) is 5.63. The van der Waals surface area contributed by atoms with E-state index in [1.165, 1.54) is 0 Å². The summed E-state index contributed by atoms with van der Waals surface area (Å²) in [6.07, 6.45) is 0. The second-order valence-corrected chi connectivity index (χ2v) is 6.08. The molecule has 2 aromatic rings. The van der Waals surface area contributed by atoms with Crippen molar-refractivity contribution >= 4 is 27.9 Å². The SMILES string of the molecule is CC(NC(=O)NCc1cccc(C(N)=O)c1)c1cccc(Br)c1. The molecular formula is C17H18BrN3O2. The molecule has 3 amide bonds. The van der Waals surface area contributed by atoms with E-state index < -0.39 is 5.91 Å². The van der Waals surface area contributed by atoms with Gasteiger partial charge in [-0.2, -0.15) is 0 Å². The Morgan fingerprint density at radius 1 is 1.17 bits per heavy atom. The maximum Gasteiger partial charge on any atom is 0.315 e. The molecule has 0 fully saturated rings. The molecule has 120 valence electrons. The minimum Gasteiger partial charge on any atom is -0.366 e.